The highest BCUT2D eigenvalue weighted by molar-refractivity contribution is 7.90. The van der Waals surface area contributed by atoms with E-state index in [0.717, 1.165) is 43.3 Å². The molecule has 5 rings (SSSR count). The highest BCUT2D eigenvalue weighted by Crippen LogP contribution is 2.32. The molecule has 0 unspecified atom stereocenters. The molecule has 0 aliphatic carbocycles. The van der Waals surface area contributed by atoms with Crippen molar-refractivity contribution in [2.24, 2.45) is 5.92 Å². The van der Waals surface area contributed by atoms with Crippen LogP contribution in [0.5, 0.6) is 0 Å². The van der Waals surface area contributed by atoms with Crippen LogP contribution < -0.4 is 5.32 Å². The second-order valence-corrected chi connectivity index (χ2v) is 9.77. The van der Waals surface area contributed by atoms with Crippen molar-refractivity contribution in [3.63, 3.8) is 0 Å². The van der Waals surface area contributed by atoms with Crippen LogP contribution in [0.2, 0.25) is 0 Å². The van der Waals surface area contributed by atoms with Gasteiger partial charge in [-0.15, -0.1) is 12.4 Å². The van der Waals surface area contributed by atoms with Gasteiger partial charge in [-0.25, -0.2) is 16.8 Å². The highest BCUT2D eigenvalue weighted by atomic mass is 35.5. The number of fused-ring (bicyclic) bond motifs is 2. The van der Waals surface area contributed by atoms with E-state index >= 15 is 0 Å². The fraction of sp³-hybridized carbons (Fsp3) is 0.250. The summed E-state index contributed by atoms with van der Waals surface area (Å²) in [5.74, 6) is 0.114. The van der Waals surface area contributed by atoms with Gasteiger partial charge in [-0.1, -0.05) is 36.4 Å². The zero-order valence-corrected chi connectivity index (χ0v) is 18.6. The second-order valence-electron chi connectivity index (χ2n) is 7.99. The molecule has 7 heteroatoms. The molecule has 1 fully saturated rings. The van der Waals surface area contributed by atoms with Crippen LogP contribution in [0.3, 0.4) is 0 Å². The smallest absolute Gasteiger partial charge is 0.268 e. The van der Waals surface area contributed by atoms with Gasteiger partial charge in [0.1, 0.15) is 5.82 Å². The largest absolute Gasteiger partial charge is 0.317 e. The Bertz CT molecular complexity index is 1340. The van der Waals surface area contributed by atoms with Gasteiger partial charge in [-0.05, 0) is 73.5 Å². The van der Waals surface area contributed by atoms with E-state index in [1.54, 1.807) is 24.4 Å². The lowest BCUT2D eigenvalue weighted by atomic mass is 9.91. The Kier molecular flexibility index (Phi) is 6.06. The van der Waals surface area contributed by atoms with Crippen LogP contribution in [-0.4, -0.2) is 25.5 Å². The van der Waals surface area contributed by atoms with Gasteiger partial charge in [0.05, 0.1) is 10.4 Å². The van der Waals surface area contributed by atoms with Crippen LogP contribution >= 0.6 is 12.4 Å². The molecule has 0 bridgehead atoms. The van der Waals surface area contributed by atoms with Crippen molar-refractivity contribution in [2.75, 3.05) is 13.1 Å². The van der Waals surface area contributed by atoms with Gasteiger partial charge in [0.25, 0.3) is 10.0 Å². The Morgan fingerprint density at radius 1 is 0.968 bits per heavy atom. The van der Waals surface area contributed by atoms with E-state index in [1.807, 2.05) is 30.3 Å². The minimum absolute atomic E-state index is 0. The molecule has 4 aromatic rings. The molecule has 4 nitrogen and oxygen atoms in total. The van der Waals surface area contributed by atoms with Crippen molar-refractivity contribution in [1.29, 1.82) is 0 Å². The topological polar surface area (TPSA) is 51.1 Å². The lowest BCUT2D eigenvalue weighted by molar-refractivity contribution is 0.373. The Hall–Kier alpha value is -2.41. The van der Waals surface area contributed by atoms with E-state index in [1.165, 1.54) is 16.1 Å². The van der Waals surface area contributed by atoms with Gasteiger partial charge in [0, 0.05) is 17.0 Å². The van der Waals surface area contributed by atoms with E-state index in [9.17, 15) is 12.8 Å². The predicted molar refractivity (Wildman–Crippen MR) is 125 cm³/mol. The number of aromatic nitrogens is 1. The van der Waals surface area contributed by atoms with Crippen LogP contribution in [0.15, 0.2) is 71.8 Å². The summed E-state index contributed by atoms with van der Waals surface area (Å²) >= 11 is 0. The second kappa shape index (κ2) is 8.61. The van der Waals surface area contributed by atoms with Crippen molar-refractivity contribution in [3.05, 3.63) is 78.2 Å². The van der Waals surface area contributed by atoms with Gasteiger partial charge in [-0.3, -0.25) is 0 Å². The number of rotatable bonds is 4. The third-order valence-corrected chi connectivity index (χ3v) is 7.80. The summed E-state index contributed by atoms with van der Waals surface area (Å²) in [5.41, 5.74) is 1.41. The number of nitrogens with zero attached hydrogens (tertiary/aromatic N) is 1. The fourth-order valence-corrected chi connectivity index (χ4v) is 6.13. The van der Waals surface area contributed by atoms with Gasteiger partial charge in [-0.2, -0.15) is 0 Å². The minimum atomic E-state index is -3.84. The number of benzene rings is 3. The first-order valence-corrected chi connectivity index (χ1v) is 11.7. The zero-order valence-electron chi connectivity index (χ0n) is 16.9. The van der Waals surface area contributed by atoms with E-state index in [2.05, 4.69) is 5.32 Å². The maximum Gasteiger partial charge on any atom is 0.268 e. The van der Waals surface area contributed by atoms with Crippen LogP contribution in [0.25, 0.3) is 21.7 Å². The molecule has 1 N–H and O–H groups in total. The van der Waals surface area contributed by atoms with Crippen molar-refractivity contribution in [2.45, 2.75) is 24.2 Å². The number of hydrogen-bond donors (Lipinski definition) is 1. The molecule has 0 atom stereocenters. The standard InChI is InChI=1S/C24H23FN2O2S.ClH/c25-20-8-9-23-22(15-20)19(14-17-10-12-26-13-11-17)16-27(23)30(28,29)24-7-3-5-18-4-1-2-6-21(18)24;/h1-9,15-17,26H,10-14H2;1H. The number of nitrogens with one attached hydrogen (secondary N) is 1. The lowest BCUT2D eigenvalue weighted by Crippen LogP contribution is -2.28. The van der Waals surface area contributed by atoms with Crippen LogP contribution in [0.4, 0.5) is 4.39 Å². The first-order chi connectivity index (χ1) is 14.5. The minimum Gasteiger partial charge on any atom is -0.317 e. The average Bonchev–Trinajstić information content (AvgIpc) is 3.12. The van der Waals surface area contributed by atoms with Gasteiger partial charge < -0.3 is 5.32 Å². The summed E-state index contributed by atoms with van der Waals surface area (Å²) in [6.45, 7) is 1.93. The molecule has 3 aromatic carbocycles. The molecule has 1 aromatic heterocycles. The SMILES string of the molecule is Cl.O=S(=O)(c1cccc2ccccc12)n1cc(CC2CCNCC2)c2cc(F)ccc21. The molecule has 0 amide bonds. The Balaban J connectivity index is 0.00000231. The quantitative estimate of drug-likeness (QED) is 0.461. The van der Waals surface area contributed by atoms with Gasteiger partial charge >= 0.3 is 0 Å². The summed E-state index contributed by atoms with van der Waals surface area (Å²) in [6, 6.07) is 17.1. The van der Waals surface area contributed by atoms with E-state index in [-0.39, 0.29) is 23.1 Å². The van der Waals surface area contributed by atoms with Crippen molar-refractivity contribution < 1.29 is 12.8 Å². The molecule has 0 radical (unpaired) electrons. The highest BCUT2D eigenvalue weighted by Gasteiger charge is 2.25. The van der Waals surface area contributed by atoms with Crippen LogP contribution in [0.1, 0.15) is 18.4 Å². The third-order valence-electron chi connectivity index (χ3n) is 6.07. The lowest BCUT2D eigenvalue weighted by Gasteiger charge is -2.22. The van der Waals surface area contributed by atoms with E-state index in [0.29, 0.717) is 22.2 Å². The third kappa shape index (κ3) is 3.95. The summed E-state index contributed by atoms with van der Waals surface area (Å²) in [4.78, 5) is 0.259. The maximum atomic E-state index is 14.1. The Morgan fingerprint density at radius 3 is 2.52 bits per heavy atom. The normalized spacial score (nSPS) is 15.3. The number of hydrogen-bond acceptors (Lipinski definition) is 3. The molecule has 2 heterocycles. The molecule has 0 saturated carbocycles. The van der Waals surface area contributed by atoms with Crippen molar-refractivity contribution in [3.8, 4) is 0 Å². The molecule has 1 aliphatic heterocycles. The molecular weight excluding hydrogens is 435 g/mol. The Morgan fingerprint density at radius 2 is 1.71 bits per heavy atom. The number of halogens is 2. The van der Waals surface area contributed by atoms with Gasteiger partial charge in [0.15, 0.2) is 0 Å². The first kappa shape index (κ1) is 21.8. The molecule has 1 saturated heterocycles. The predicted octanol–water partition coefficient (Wildman–Crippen LogP) is 5.13. The van der Waals surface area contributed by atoms with Gasteiger partial charge in [0.2, 0.25) is 0 Å². The Labute approximate surface area is 187 Å². The van der Waals surface area contributed by atoms with E-state index in [4.69, 9.17) is 0 Å². The fourth-order valence-electron chi connectivity index (χ4n) is 4.52. The average molecular weight is 459 g/mol. The zero-order chi connectivity index (χ0) is 20.7. The summed E-state index contributed by atoms with van der Waals surface area (Å²) in [6.07, 6.45) is 4.53. The van der Waals surface area contributed by atoms with Crippen LogP contribution in [-0.2, 0) is 16.4 Å². The first-order valence-electron chi connectivity index (χ1n) is 10.3. The molecule has 0 spiro atoms. The monoisotopic (exact) mass is 458 g/mol. The summed E-state index contributed by atoms with van der Waals surface area (Å²) in [5, 5.41) is 5.59. The molecule has 31 heavy (non-hydrogen) atoms. The van der Waals surface area contributed by atoms with Crippen LogP contribution in [0, 0.1) is 11.7 Å². The molecule has 1 aliphatic rings. The summed E-state index contributed by atoms with van der Waals surface area (Å²) < 4.78 is 42.8. The summed E-state index contributed by atoms with van der Waals surface area (Å²) in [7, 11) is -3.84. The molecular formula is C24H24ClFN2O2S. The number of piperidine rings is 1. The van der Waals surface area contributed by atoms with Crippen molar-refractivity contribution >= 4 is 44.1 Å². The van der Waals surface area contributed by atoms with E-state index < -0.39 is 10.0 Å². The maximum absolute atomic E-state index is 14.1. The molecule has 162 valence electrons. The van der Waals surface area contributed by atoms with Crippen molar-refractivity contribution in [1.82, 2.24) is 9.29 Å².